The Morgan fingerprint density at radius 2 is 1.80 bits per heavy atom. The van der Waals surface area contributed by atoms with Crippen LogP contribution >= 0.6 is 0 Å². The first-order chi connectivity index (χ1) is 19.5. The van der Waals surface area contributed by atoms with Crippen molar-refractivity contribution in [2.45, 2.75) is 51.7 Å². The van der Waals surface area contributed by atoms with Gasteiger partial charge in [-0.25, -0.2) is 9.78 Å². The number of aryl methyl sites for hydroxylation is 2. The minimum Gasteiger partial charge on any atom is -0.480 e. The Hall–Kier alpha value is -4.08. The van der Waals surface area contributed by atoms with Gasteiger partial charge in [0.2, 0.25) is 0 Å². The quantitative estimate of drug-likeness (QED) is 0.290. The second-order valence-electron chi connectivity index (χ2n) is 10.4. The summed E-state index contributed by atoms with van der Waals surface area (Å²) < 4.78 is 39.7. The maximum atomic E-state index is 13.2. The number of carbonyl (C=O) groups is 2. The molecule has 3 N–H and O–H groups in total. The second kappa shape index (κ2) is 13.1. The zero-order valence-electron chi connectivity index (χ0n) is 23.2. The first-order valence-corrected chi connectivity index (χ1v) is 13.8. The zero-order chi connectivity index (χ0) is 29.6. The molecule has 41 heavy (non-hydrogen) atoms. The number of hydrogen-bond acceptors (Lipinski definition) is 5. The molecule has 0 aliphatic carbocycles. The molecular weight excluding hydrogens is 533 g/mol. The van der Waals surface area contributed by atoms with E-state index in [1.165, 1.54) is 6.92 Å². The molecule has 0 saturated carbocycles. The van der Waals surface area contributed by atoms with Crippen LogP contribution in [0, 0.1) is 12.8 Å². The van der Waals surface area contributed by atoms with Gasteiger partial charge in [-0.2, -0.15) is 13.2 Å². The highest BCUT2D eigenvalue weighted by atomic mass is 19.4. The number of piperidine rings is 1. The average molecular weight is 569 g/mol. The number of anilines is 2. The standard InChI is InChI=1S/C31H35F3N4O3/c1-3-23-18-24(31(32,33)34)16-20(2)28(23)29(39)37-26(30(40)41)17-21-7-9-25(10-8-21)38-14-11-22(12-15-38)19-36-27-6-4-5-13-35-27/h4-10,13,16,18,22,26H,3,11-12,14-15,17,19H2,1-2H3,(H,35,36)(H,37,39)(H,40,41). The van der Waals surface area contributed by atoms with E-state index in [0.29, 0.717) is 5.92 Å². The van der Waals surface area contributed by atoms with E-state index in [9.17, 15) is 27.9 Å². The number of benzene rings is 2. The highest BCUT2D eigenvalue weighted by Crippen LogP contribution is 2.32. The fourth-order valence-corrected chi connectivity index (χ4v) is 5.25. The van der Waals surface area contributed by atoms with Gasteiger partial charge in [0.05, 0.1) is 5.56 Å². The molecule has 10 heteroatoms. The molecular formula is C31H35F3N4O3. The lowest BCUT2D eigenvalue weighted by atomic mass is 9.95. The van der Waals surface area contributed by atoms with Crippen LogP contribution in [0.3, 0.4) is 0 Å². The summed E-state index contributed by atoms with van der Waals surface area (Å²) >= 11 is 0. The van der Waals surface area contributed by atoms with Crippen LogP contribution in [0.1, 0.15) is 52.4 Å². The number of aromatic nitrogens is 1. The Kier molecular flexibility index (Phi) is 9.52. The summed E-state index contributed by atoms with van der Waals surface area (Å²) in [7, 11) is 0. The van der Waals surface area contributed by atoms with E-state index in [1.54, 1.807) is 13.1 Å². The molecule has 1 saturated heterocycles. The third kappa shape index (κ3) is 7.77. The van der Waals surface area contributed by atoms with Crippen molar-refractivity contribution in [2.75, 3.05) is 29.9 Å². The van der Waals surface area contributed by atoms with Gasteiger partial charge in [0.25, 0.3) is 5.91 Å². The molecule has 0 spiro atoms. The van der Waals surface area contributed by atoms with Crippen molar-refractivity contribution in [1.82, 2.24) is 10.3 Å². The number of carboxylic acid groups (broad SMARTS) is 1. The fourth-order valence-electron chi connectivity index (χ4n) is 5.25. The van der Waals surface area contributed by atoms with Gasteiger partial charge in [0, 0.05) is 43.5 Å². The maximum Gasteiger partial charge on any atom is 0.416 e. The molecule has 1 aliphatic rings. The SMILES string of the molecule is CCc1cc(C(F)(F)F)cc(C)c1C(=O)NC(Cc1ccc(N2CCC(CNc3ccccn3)CC2)cc1)C(=O)O. The van der Waals surface area contributed by atoms with Crippen LogP contribution in [0.25, 0.3) is 0 Å². The lowest BCUT2D eigenvalue weighted by molar-refractivity contribution is -0.139. The summed E-state index contributed by atoms with van der Waals surface area (Å²) in [5.41, 5.74) is 1.41. The minimum absolute atomic E-state index is 0.0454. The largest absolute Gasteiger partial charge is 0.480 e. The molecule has 7 nitrogen and oxygen atoms in total. The molecule has 2 aromatic carbocycles. The van der Waals surface area contributed by atoms with Crippen LogP contribution in [0.5, 0.6) is 0 Å². The van der Waals surface area contributed by atoms with Gasteiger partial charge in [-0.1, -0.05) is 25.1 Å². The van der Waals surface area contributed by atoms with Gasteiger partial charge < -0.3 is 20.6 Å². The Labute approximate surface area is 237 Å². The molecule has 3 aromatic rings. The van der Waals surface area contributed by atoms with Crippen molar-refractivity contribution >= 4 is 23.4 Å². The third-order valence-corrected chi connectivity index (χ3v) is 7.55. The van der Waals surface area contributed by atoms with Gasteiger partial charge in [-0.3, -0.25) is 4.79 Å². The smallest absolute Gasteiger partial charge is 0.416 e. The molecule has 1 atom stereocenters. The first-order valence-electron chi connectivity index (χ1n) is 13.8. The molecule has 1 aliphatic heterocycles. The number of carbonyl (C=O) groups excluding carboxylic acids is 1. The van der Waals surface area contributed by atoms with Crippen molar-refractivity contribution < 1.29 is 27.9 Å². The minimum atomic E-state index is -4.54. The molecule has 1 amide bonds. The van der Waals surface area contributed by atoms with E-state index in [-0.39, 0.29) is 29.5 Å². The highest BCUT2D eigenvalue weighted by Gasteiger charge is 2.33. The number of nitrogens with zero attached hydrogens (tertiary/aromatic N) is 2. The van der Waals surface area contributed by atoms with E-state index in [2.05, 4.69) is 20.5 Å². The average Bonchev–Trinajstić information content (AvgIpc) is 2.96. The first kappa shape index (κ1) is 29.9. The van der Waals surface area contributed by atoms with Crippen LogP contribution in [0.15, 0.2) is 60.8 Å². The number of amides is 1. The van der Waals surface area contributed by atoms with E-state index < -0.39 is 29.7 Å². The van der Waals surface area contributed by atoms with Gasteiger partial charge >= 0.3 is 12.1 Å². The summed E-state index contributed by atoms with van der Waals surface area (Å²) in [6.07, 6.45) is -0.444. The Bertz CT molecular complexity index is 1340. The maximum absolute atomic E-state index is 13.2. The number of rotatable bonds is 10. The Balaban J connectivity index is 1.35. The summed E-state index contributed by atoms with van der Waals surface area (Å²) in [6, 6.07) is 14.1. The molecule has 218 valence electrons. The van der Waals surface area contributed by atoms with Crippen molar-refractivity contribution in [3.8, 4) is 0 Å². The van der Waals surface area contributed by atoms with Crippen LogP contribution < -0.4 is 15.5 Å². The molecule has 1 aromatic heterocycles. The van der Waals surface area contributed by atoms with Crippen molar-refractivity contribution in [3.63, 3.8) is 0 Å². The number of nitrogens with one attached hydrogen (secondary N) is 2. The Morgan fingerprint density at radius 1 is 1.10 bits per heavy atom. The number of pyridine rings is 1. The topological polar surface area (TPSA) is 94.6 Å². The summed E-state index contributed by atoms with van der Waals surface area (Å²) in [5, 5.41) is 15.7. The normalized spacial score (nSPS) is 14.9. The third-order valence-electron chi connectivity index (χ3n) is 7.55. The van der Waals surface area contributed by atoms with E-state index >= 15 is 0 Å². The van der Waals surface area contributed by atoms with Crippen LogP contribution in [-0.4, -0.2) is 47.6 Å². The summed E-state index contributed by atoms with van der Waals surface area (Å²) in [6.45, 7) is 5.78. The zero-order valence-corrected chi connectivity index (χ0v) is 23.2. The van der Waals surface area contributed by atoms with Crippen LogP contribution in [-0.2, 0) is 23.8 Å². The van der Waals surface area contributed by atoms with Gasteiger partial charge in [0.1, 0.15) is 11.9 Å². The second-order valence-corrected chi connectivity index (χ2v) is 10.4. The number of hydrogen-bond donors (Lipinski definition) is 3. The van der Waals surface area contributed by atoms with E-state index in [1.807, 2.05) is 42.5 Å². The molecule has 2 heterocycles. The number of alkyl halides is 3. The monoisotopic (exact) mass is 568 g/mol. The lowest BCUT2D eigenvalue weighted by Gasteiger charge is -2.34. The predicted molar refractivity (Wildman–Crippen MR) is 152 cm³/mol. The van der Waals surface area contributed by atoms with Crippen molar-refractivity contribution in [3.05, 3.63) is 88.6 Å². The van der Waals surface area contributed by atoms with Crippen LogP contribution in [0.2, 0.25) is 0 Å². The van der Waals surface area contributed by atoms with Gasteiger partial charge in [0.15, 0.2) is 0 Å². The highest BCUT2D eigenvalue weighted by molar-refractivity contribution is 5.99. The number of carboxylic acids is 1. The van der Waals surface area contributed by atoms with Gasteiger partial charge in [-0.15, -0.1) is 0 Å². The van der Waals surface area contributed by atoms with E-state index in [4.69, 9.17) is 0 Å². The summed E-state index contributed by atoms with van der Waals surface area (Å²) in [5.74, 6) is -0.486. The van der Waals surface area contributed by atoms with Crippen molar-refractivity contribution in [1.29, 1.82) is 0 Å². The molecule has 0 bridgehead atoms. The number of aliphatic carboxylic acids is 1. The van der Waals surface area contributed by atoms with Crippen molar-refractivity contribution in [2.24, 2.45) is 5.92 Å². The predicted octanol–water partition coefficient (Wildman–Crippen LogP) is 5.73. The number of halogens is 3. The molecule has 1 fully saturated rings. The summed E-state index contributed by atoms with van der Waals surface area (Å²) in [4.78, 5) is 31.7. The van der Waals surface area contributed by atoms with Crippen LogP contribution in [0.4, 0.5) is 24.7 Å². The molecule has 0 radical (unpaired) electrons. The lowest BCUT2D eigenvalue weighted by Crippen LogP contribution is -2.43. The molecule has 4 rings (SSSR count). The molecule has 1 unspecified atom stereocenters. The van der Waals surface area contributed by atoms with Gasteiger partial charge in [-0.05, 0) is 85.2 Å². The fraction of sp³-hybridized carbons (Fsp3) is 0.387. The van der Waals surface area contributed by atoms with E-state index in [0.717, 1.165) is 61.7 Å². The Morgan fingerprint density at radius 3 is 2.39 bits per heavy atom.